The van der Waals surface area contributed by atoms with E-state index in [4.69, 9.17) is 9.47 Å². The monoisotopic (exact) mass is 303 g/mol. The molecule has 0 atom stereocenters. The number of nitrogens with one attached hydrogen (secondary N) is 1. The molecule has 0 bridgehead atoms. The van der Waals surface area contributed by atoms with Gasteiger partial charge in [0.25, 0.3) is 5.91 Å². The van der Waals surface area contributed by atoms with Crippen molar-refractivity contribution in [3.8, 4) is 11.5 Å². The van der Waals surface area contributed by atoms with Crippen LogP contribution < -0.4 is 14.8 Å². The Bertz CT molecular complexity index is 677. The summed E-state index contributed by atoms with van der Waals surface area (Å²) in [4.78, 5) is 12.6. The molecule has 0 unspecified atom stereocenters. The Morgan fingerprint density at radius 2 is 1.95 bits per heavy atom. The van der Waals surface area contributed by atoms with Gasteiger partial charge in [-0.1, -0.05) is 0 Å². The lowest BCUT2D eigenvalue weighted by Crippen LogP contribution is -2.17. The predicted octanol–water partition coefficient (Wildman–Crippen LogP) is 3.04. The number of methoxy groups -OCH3 is 2. The van der Waals surface area contributed by atoms with Crippen LogP contribution in [0.2, 0.25) is 0 Å². The minimum atomic E-state index is -0.266. The molecule has 2 rings (SSSR count). The van der Waals surface area contributed by atoms with Gasteiger partial charge in [-0.25, -0.2) is 4.68 Å². The summed E-state index contributed by atoms with van der Waals surface area (Å²) in [5.41, 5.74) is 1.26. The standard InChI is InChI=1S/C16H21N3O3/c1-10(2)19-15(8-11(3)18-19)17-16(20)13-9-12(21-4)6-7-14(13)22-5/h6-10H,1-5H3,(H,17,20). The van der Waals surface area contributed by atoms with Crippen molar-refractivity contribution < 1.29 is 14.3 Å². The normalized spacial score (nSPS) is 10.6. The Balaban J connectivity index is 2.33. The fraction of sp³-hybridized carbons (Fsp3) is 0.375. The van der Waals surface area contributed by atoms with Crippen molar-refractivity contribution in [1.29, 1.82) is 0 Å². The van der Waals surface area contributed by atoms with Gasteiger partial charge in [-0.3, -0.25) is 4.79 Å². The molecule has 0 aliphatic heterocycles. The highest BCUT2D eigenvalue weighted by atomic mass is 16.5. The van der Waals surface area contributed by atoms with E-state index < -0.39 is 0 Å². The summed E-state index contributed by atoms with van der Waals surface area (Å²) < 4.78 is 12.2. The van der Waals surface area contributed by atoms with E-state index in [-0.39, 0.29) is 11.9 Å². The van der Waals surface area contributed by atoms with Gasteiger partial charge >= 0.3 is 0 Å². The summed E-state index contributed by atoms with van der Waals surface area (Å²) in [5.74, 6) is 1.48. The van der Waals surface area contributed by atoms with Crippen LogP contribution in [0.3, 0.4) is 0 Å². The minimum Gasteiger partial charge on any atom is -0.497 e. The number of aromatic nitrogens is 2. The van der Waals surface area contributed by atoms with E-state index >= 15 is 0 Å². The number of ether oxygens (including phenoxy) is 2. The lowest BCUT2D eigenvalue weighted by molar-refractivity contribution is 0.102. The first-order valence-electron chi connectivity index (χ1n) is 7.05. The van der Waals surface area contributed by atoms with E-state index in [9.17, 15) is 4.79 Å². The van der Waals surface area contributed by atoms with E-state index in [1.165, 1.54) is 7.11 Å². The first-order chi connectivity index (χ1) is 10.5. The number of carbonyl (C=O) groups excluding carboxylic acids is 1. The smallest absolute Gasteiger partial charge is 0.260 e. The van der Waals surface area contributed by atoms with Crippen molar-refractivity contribution in [3.63, 3.8) is 0 Å². The van der Waals surface area contributed by atoms with Crippen LogP contribution in [0.25, 0.3) is 0 Å². The summed E-state index contributed by atoms with van der Waals surface area (Å²) in [7, 11) is 3.09. The van der Waals surface area contributed by atoms with Crippen LogP contribution in [0.4, 0.5) is 5.82 Å². The second-order valence-electron chi connectivity index (χ2n) is 5.23. The number of anilines is 1. The van der Waals surface area contributed by atoms with Crippen LogP contribution in [0, 0.1) is 6.92 Å². The number of hydrogen-bond donors (Lipinski definition) is 1. The van der Waals surface area contributed by atoms with Crippen molar-refractivity contribution in [2.75, 3.05) is 19.5 Å². The van der Waals surface area contributed by atoms with Gasteiger partial charge in [0.05, 0.1) is 25.5 Å². The molecule has 1 amide bonds. The molecule has 0 saturated heterocycles. The number of carbonyl (C=O) groups is 1. The van der Waals surface area contributed by atoms with Crippen molar-refractivity contribution in [1.82, 2.24) is 9.78 Å². The topological polar surface area (TPSA) is 65.4 Å². The quantitative estimate of drug-likeness (QED) is 0.922. The van der Waals surface area contributed by atoms with Crippen LogP contribution in [0.1, 0.15) is 35.9 Å². The van der Waals surface area contributed by atoms with E-state index in [1.807, 2.05) is 26.8 Å². The van der Waals surface area contributed by atoms with Gasteiger partial charge in [-0.05, 0) is 39.0 Å². The number of hydrogen-bond acceptors (Lipinski definition) is 4. The van der Waals surface area contributed by atoms with Crippen LogP contribution in [0.5, 0.6) is 11.5 Å². The van der Waals surface area contributed by atoms with Gasteiger partial charge in [-0.15, -0.1) is 0 Å². The average molecular weight is 303 g/mol. The summed E-state index contributed by atoms with van der Waals surface area (Å²) >= 11 is 0. The zero-order valence-electron chi connectivity index (χ0n) is 13.5. The maximum Gasteiger partial charge on any atom is 0.260 e. The van der Waals surface area contributed by atoms with Gasteiger partial charge in [0.1, 0.15) is 17.3 Å². The van der Waals surface area contributed by atoms with Gasteiger partial charge in [0.15, 0.2) is 0 Å². The summed E-state index contributed by atoms with van der Waals surface area (Å²) in [6.07, 6.45) is 0. The molecular weight excluding hydrogens is 282 g/mol. The van der Waals surface area contributed by atoms with Crippen molar-refractivity contribution in [2.24, 2.45) is 0 Å². The third-order valence-corrected chi connectivity index (χ3v) is 3.24. The molecule has 0 aliphatic carbocycles. The molecule has 0 aliphatic rings. The molecule has 0 radical (unpaired) electrons. The molecule has 1 aromatic carbocycles. The van der Waals surface area contributed by atoms with Crippen molar-refractivity contribution >= 4 is 11.7 Å². The molecule has 2 aromatic rings. The number of nitrogens with zero attached hydrogens (tertiary/aromatic N) is 2. The maximum atomic E-state index is 12.6. The van der Waals surface area contributed by atoms with Crippen molar-refractivity contribution in [3.05, 3.63) is 35.5 Å². The first-order valence-corrected chi connectivity index (χ1v) is 7.05. The molecule has 0 saturated carbocycles. The third kappa shape index (κ3) is 3.21. The fourth-order valence-corrected chi connectivity index (χ4v) is 2.18. The molecule has 6 heteroatoms. The maximum absolute atomic E-state index is 12.6. The zero-order valence-corrected chi connectivity index (χ0v) is 13.5. The zero-order chi connectivity index (χ0) is 16.3. The molecule has 0 spiro atoms. The SMILES string of the molecule is COc1ccc(OC)c(C(=O)Nc2cc(C)nn2C(C)C)c1. The van der Waals surface area contributed by atoms with Crippen LogP contribution in [-0.2, 0) is 0 Å². The van der Waals surface area contributed by atoms with E-state index in [0.717, 1.165) is 5.69 Å². The second kappa shape index (κ2) is 6.51. The van der Waals surface area contributed by atoms with Crippen LogP contribution in [0.15, 0.2) is 24.3 Å². The molecule has 118 valence electrons. The Morgan fingerprint density at radius 3 is 2.55 bits per heavy atom. The van der Waals surface area contributed by atoms with Crippen molar-refractivity contribution in [2.45, 2.75) is 26.8 Å². The largest absolute Gasteiger partial charge is 0.497 e. The van der Waals surface area contributed by atoms with E-state index in [2.05, 4.69) is 10.4 Å². The van der Waals surface area contributed by atoms with Crippen LogP contribution in [-0.4, -0.2) is 29.9 Å². The molecule has 22 heavy (non-hydrogen) atoms. The van der Waals surface area contributed by atoms with Gasteiger partial charge in [0, 0.05) is 12.1 Å². The third-order valence-electron chi connectivity index (χ3n) is 3.24. The lowest BCUT2D eigenvalue weighted by Gasteiger charge is -2.13. The molecular formula is C16H21N3O3. The number of aryl methyl sites for hydroxylation is 1. The first kappa shape index (κ1) is 15.9. The summed E-state index contributed by atoms with van der Waals surface area (Å²) in [5, 5.41) is 7.26. The molecule has 1 heterocycles. The highest BCUT2D eigenvalue weighted by molar-refractivity contribution is 6.06. The average Bonchev–Trinajstić information content (AvgIpc) is 2.87. The molecule has 1 aromatic heterocycles. The van der Waals surface area contributed by atoms with Gasteiger partial charge in [0.2, 0.25) is 0 Å². The van der Waals surface area contributed by atoms with Crippen LogP contribution >= 0.6 is 0 Å². The Hall–Kier alpha value is -2.50. The predicted molar refractivity (Wildman–Crippen MR) is 84.8 cm³/mol. The Morgan fingerprint density at radius 1 is 1.23 bits per heavy atom. The molecule has 6 nitrogen and oxygen atoms in total. The van der Waals surface area contributed by atoms with E-state index in [0.29, 0.717) is 22.9 Å². The highest BCUT2D eigenvalue weighted by Gasteiger charge is 2.17. The molecule has 1 N–H and O–H groups in total. The lowest BCUT2D eigenvalue weighted by atomic mass is 10.1. The number of rotatable bonds is 5. The summed E-state index contributed by atoms with van der Waals surface area (Å²) in [6, 6.07) is 7.09. The van der Waals surface area contributed by atoms with E-state index in [1.54, 1.807) is 30.0 Å². The molecule has 0 fully saturated rings. The fourth-order valence-electron chi connectivity index (χ4n) is 2.18. The Labute approximate surface area is 130 Å². The van der Waals surface area contributed by atoms with Gasteiger partial charge < -0.3 is 14.8 Å². The highest BCUT2D eigenvalue weighted by Crippen LogP contribution is 2.25. The summed E-state index contributed by atoms with van der Waals surface area (Å²) in [6.45, 7) is 5.91. The Kier molecular flexibility index (Phi) is 4.70. The second-order valence-corrected chi connectivity index (χ2v) is 5.23. The number of amides is 1. The minimum absolute atomic E-state index is 0.149. The van der Waals surface area contributed by atoms with Gasteiger partial charge in [-0.2, -0.15) is 5.10 Å². The number of benzene rings is 1.